The molecule has 1 N–H and O–H groups in total. The van der Waals surface area contributed by atoms with Gasteiger partial charge in [0.15, 0.2) is 0 Å². The normalized spacial score (nSPS) is 10.5. The number of rotatable bonds is 7. The van der Waals surface area contributed by atoms with Crippen LogP contribution in [0.3, 0.4) is 0 Å². The molecule has 0 atom stereocenters. The average molecular weight is 226 g/mol. The zero-order valence-electron chi connectivity index (χ0n) is 9.43. The number of nitrogens with one attached hydrogen (secondary N) is 1. The molecule has 15 heavy (non-hydrogen) atoms. The van der Waals surface area contributed by atoms with E-state index in [1.165, 1.54) is 18.4 Å². The Kier molecular flexibility index (Phi) is 6.45. The van der Waals surface area contributed by atoms with E-state index in [1.54, 1.807) is 0 Å². The third-order valence-corrected chi connectivity index (χ3v) is 2.83. The number of hydrogen-bond acceptors (Lipinski definition) is 1. The average Bonchev–Trinajstić information content (AvgIpc) is 2.25. The first-order valence-electron chi connectivity index (χ1n) is 5.78. The molecule has 0 amide bonds. The van der Waals surface area contributed by atoms with E-state index < -0.39 is 0 Å². The number of hydrogen-bond donors (Lipinski definition) is 1. The van der Waals surface area contributed by atoms with Gasteiger partial charge in [0.25, 0.3) is 0 Å². The molecule has 84 valence electrons. The summed E-state index contributed by atoms with van der Waals surface area (Å²) in [6.07, 6.45) is 4.76. The summed E-state index contributed by atoms with van der Waals surface area (Å²) in [7, 11) is 0. The van der Waals surface area contributed by atoms with Crippen LogP contribution in [-0.2, 0) is 6.42 Å². The van der Waals surface area contributed by atoms with Gasteiger partial charge >= 0.3 is 0 Å². The fraction of sp³-hybridized carbons (Fsp3) is 0.538. The van der Waals surface area contributed by atoms with Crippen LogP contribution in [0.15, 0.2) is 24.3 Å². The highest BCUT2D eigenvalue weighted by Gasteiger charge is 1.97. The summed E-state index contributed by atoms with van der Waals surface area (Å²) < 4.78 is 0. The molecule has 1 aromatic carbocycles. The zero-order valence-corrected chi connectivity index (χ0v) is 10.2. The van der Waals surface area contributed by atoms with Crippen molar-refractivity contribution in [3.63, 3.8) is 0 Å². The quantitative estimate of drug-likeness (QED) is 0.699. The van der Waals surface area contributed by atoms with Crippen LogP contribution in [0.5, 0.6) is 0 Å². The first-order chi connectivity index (χ1) is 7.34. The molecule has 0 spiro atoms. The minimum atomic E-state index is 0.894. The molecule has 0 saturated carbocycles. The highest BCUT2D eigenvalue weighted by molar-refractivity contribution is 6.31. The summed E-state index contributed by atoms with van der Waals surface area (Å²) in [5, 5.41) is 4.33. The Labute approximate surface area is 97.8 Å². The maximum absolute atomic E-state index is 6.07. The molecule has 0 aliphatic rings. The van der Waals surface area contributed by atoms with Gasteiger partial charge in [-0.25, -0.2) is 0 Å². The van der Waals surface area contributed by atoms with Crippen molar-refractivity contribution in [1.82, 2.24) is 5.32 Å². The van der Waals surface area contributed by atoms with Crippen LogP contribution in [0.25, 0.3) is 0 Å². The smallest absolute Gasteiger partial charge is 0.0437 e. The van der Waals surface area contributed by atoms with Gasteiger partial charge in [0, 0.05) is 5.02 Å². The lowest BCUT2D eigenvalue weighted by molar-refractivity contribution is 0.617. The Bertz CT molecular complexity index is 273. The van der Waals surface area contributed by atoms with Crippen molar-refractivity contribution in [2.24, 2.45) is 0 Å². The zero-order chi connectivity index (χ0) is 10.9. The second-order valence-electron chi connectivity index (χ2n) is 3.80. The highest BCUT2D eigenvalue weighted by atomic mass is 35.5. The van der Waals surface area contributed by atoms with Crippen molar-refractivity contribution in [3.05, 3.63) is 34.9 Å². The molecule has 1 aromatic rings. The first-order valence-corrected chi connectivity index (χ1v) is 6.16. The monoisotopic (exact) mass is 225 g/mol. The molecule has 0 aliphatic heterocycles. The SMILES string of the molecule is CCCCNCCCc1ccccc1Cl. The maximum Gasteiger partial charge on any atom is 0.0437 e. The lowest BCUT2D eigenvalue weighted by Crippen LogP contribution is -2.16. The van der Waals surface area contributed by atoms with Gasteiger partial charge in [0.05, 0.1) is 0 Å². The van der Waals surface area contributed by atoms with Crippen molar-refractivity contribution in [1.29, 1.82) is 0 Å². The summed E-state index contributed by atoms with van der Waals surface area (Å²) in [6, 6.07) is 8.09. The number of aryl methyl sites for hydroxylation is 1. The van der Waals surface area contributed by atoms with Gasteiger partial charge in [-0.3, -0.25) is 0 Å². The van der Waals surface area contributed by atoms with E-state index in [-0.39, 0.29) is 0 Å². The van der Waals surface area contributed by atoms with Crippen LogP contribution in [0.4, 0.5) is 0 Å². The Morgan fingerprint density at radius 3 is 2.60 bits per heavy atom. The Hall–Kier alpha value is -0.530. The van der Waals surface area contributed by atoms with E-state index in [1.807, 2.05) is 18.2 Å². The molecular weight excluding hydrogens is 206 g/mol. The standard InChI is InChI=1S/C13H20ClN/c1-2-3-10-15-11-6-8-12-7-4-5-9-13(12)14/h4-5,7,9,15H,2-3,6,8,10-11H2,1H3. The van der Waals surface area contributed by atoms with Gasteiger partial charge in [-0.15, -0.1) is 0 Å². The summed E-state index contributed by atoms with van der Waals surface area (Å²) in [5.74, 6) is 0. The van der Waals surface area contributed by atoms with Crippen molar-refractivity contribution in [2.75, 3.05) is 13.1 Å². The molecule has 0 heterocycles. The predicted octanol–water partition coefficient (Wildman–Crippen LogP) is 3.66. The molecule has 1 rings (SSSR count). The van der Waals surface area contributed by atoms with E-state index in [0.29, 0.717) is 0 Å². The Morgan fingerprint density at radius 1 is 1.13 bits per heavy atom. The lowest BCUT2D eigenvalue weighted by Gasteiger charge is -2.05. The lowest BCUT2D eigenvalue weighted by atomic mass is 10.1. The van der Waals surface area contributed by atoms with Crippen LogP contribution >= 0.6 is 11.6 Å². The molecule has 0 fully saturated rings. The molecule has 0 unspecified atom stereocenters. The molecule has 0 aliphatic carbocycles. The van der Waals surface area contributed by atoms with Gasteiger partial charge in [-0.1, -0.05) is 43.1 Å². The topological polar surface area (TPSA) is 12.0 Å². The van der Waals surface area contributed by atoms with Crippen LogP contribution in [0.1, 0.15) is 31.7 Å². The molecular formula is C13H20ClN. The van der Waals surface area contributed by atoms with Crippen LogP contribution < -0.4 is 5.32 Å². The van der Waals surface area contributed by atoms with Gasteiger partial charge in [-0.2, -0.15) is 0 Å². The second-order valence-corrected chi connectivity index (χ2v) is 4.21. The van der Waals surface area contributed by atoms with E-state index in [4.69, 9.17) is 11.6 Å². The molecule has 0 radical (unpaired) electrons. The van der Waals surface area contributed by atoms with Crippen molar-refractivity contribution in [2.45, 2.75) is 32.6 Å². The Morgan fingerprint density at radius 2 is 1.87 bits per heavy atom. The van der Waals surface area contributed by atoms with E-state index >= 15 is 0 Å². The third-order valence-electron chi connectivity index (χ3n) is 2.46. The fourth-order valence-corrected chi connectivity index (χ4v) is 1.76. The van der Waals surface area contributed by atoms with Crippen molar-refractivity contribution < 1.29 is 0 Å². The fourth-order valence-electron chi connectivity index (χ4n) is 1.53. The van der Waals surface area contributed by atoms with Crippen LogP contribution in [-0.4, -0.2) is 13.1 Å². The summed E-state index contributed by atoms with van der Waals surface area (Å²) >= 11 is 6.07. The van der Waals surface area contributed by atoms with Gasteiger partial charge in [-0.05, 0) is 44.0 Å². The molecule has 0 aromatic heterocycles. The Balaban J connectivity index is 2.12. The minimum absolute atomic E-state index is 0.894. The molecule has 0 bridgehead atoms. The summed E-state index contributed by atoms with van der Waals surface area (Å²) in [4.78, 5) is 0. The van der Waals surface area contributed by atoms with Crippen LogP contribution in [0, 0.1) is 0 Å². The maximum atomic E-state index is 6.07. The van der Waals surface area contributed by atoms with E-state index in [2.05, 4.69) is 18.3 Å². The van der Waals surface area contributed by atoms with E-state index in [0.717, 1.165) is 31.0 Å². The summed E-state index contributed by atoms with van der Waals surface area (Å²) in [6.45, 7) is 4.44. The number of unbranched alkanes of at least 4 members (excludes halogenated alkanes) is 1. The minimum Gasteiger partial charge on any atom is -0.317 e. The summed E-state index contributed by atoms with van der Waals surface area (Å²) in [5.41, 5.74) is 1.26. The molecule has 0 saturated heterocycles. The predicted molar refractivity (Wildman–Crippen MR) is 67.6 cm³/mol. The van der Waals surface area contributed by atoms with Crippen molar-refractivity contribution >= 4 is 11.6 Å². The second kappa shape index (κ2) is 7.72. The van der Waals surface area contributed by atoms with Gasteiger partial charge < -0.3 is 5.32 Å². The number of benzene rings is 1. The third kappa shape index (κ3) is 5.19. The highest BCUT2D eigenvalue weighted by Crippen LogP contribution is 2.16. The number of halogens is 1. The molecule has 1 nitrogen and oxygen atoms in total. The van der Waals surface area contributed by atoms with E-state index in [9.17, 15) is 0 Å². The molecule has 2 heteroatoms. The van der Waals surface area contributed by atoms with Crippen LogP contribution in [0.2, 0.25) is 5.02 Å². The van der Waals surface area contributed by atoms with Crippen molar-refractivity contribution in [3.8, 4) is 0 Å². The first kappa shape index (κ1) is 12.5. The van der Waals surface area contributed by atoms with Gasteiger partial charge in [0.2, 0.25) is 0 Å². The van der Waals surface area contributed by atoms with Gasteiger partial charge in [0.1, 0.15) is 0 Å². The largest absolute Gasteiger partial charge is 0.317 e.